The first-order chi connectivity index (χ1) is 14.7. The number of rotatable bonds is 6. The third kappa shape index (κ3) is 4.63. The number of aliphatic carboxylic acids is 1. The summed E-state index contributed by atoms with van der Waals surface area (Å²) in [6.07, 6.45) is 0.0724. The molecule has 0 aliphatic heterocycles. The van der Waals surface area contributed by atoms with Crippen LogP contribution >= 0.6 is 11.6 Å². The van der Waals surface area contributed by atoms with Gasteiger partial charge in [0.2, 0.25) is 10.0 Å². The van der Waals surface area contributed by atoms with Gasteiger partial charge in [0.25, 0.3) is 0 Å². The van der Waals surface area contributed by atoms with E-state index in [-0.39, 0.29) is 12.8 Å². The van der Waals surface area contributed by atoms with Crippen LogP contribution in [0.5, 0.6) is 0 Å². The Morgan fingerprint density at radius 3 is 2.23 bits per heavy atom. The number of halogens is 2. The molecule has 0 saturated carbocycles. The van der Waals surface area contributed by atoms with E-state index in [1.54, 1.807) is 12.1 Å². The summed E-state index contributed by atoms with van der Waals surface area (Å²) >= 11 is 5.94. The van der Waals surface area contributed by atoms with E-state index in [1.807, 2.05) is 30.3 Å². The van der Waals surface area contributed by atoms with Crippen molar-refractivity contribution in [3.05, 3.63) is 94.3 Å². The highest BCUT2D eigenvalue weighted by Gasteiger charge is 2.47. The molecule has 0 spiro atoms. The number of benzene rings is 3. The van der Waals surface area contributed by atoms with Crippen LogP contribution in [0.1, 0.15) is 16.7 Å². The monoisotopic (exact) mass is 459 g/mol. The van der Waals surface area contributed by atoms with Crippen LogP contribution in [0.3, 0.4) is 0 Å². The summed E-state index contributed by atoms with van der Waals surface area (Å²) in [5, 5.41) is 10.5. The molecule has 1 aliphatic carbocycles. The molecule has 1 aliphatic rings. The minimum Gasteiger partial charge on any atom is -0.480 e. The molecule has 3 aromatic carbocycles. The summed E-state index contributed by atoms with van der Waals surface area (Å²) in [6.45, 7) is 0. The number of carboxylic acid groups (broad SMARTS) is 1. The third-order valence-corrected chi connectivity index (χ3v) is 7.07. The summed E-state index contributed by atoms with van der Waals surface area (Å²) < 4.78 is 41.0. The van der Waals surface area contributed by atoms with Crippen molar-refractivity contribution in [3.63, 3.8) is 0 Å². The topological polar surface area (TPSA) is 83.5 Å². The lowest BCUT2D eigenvalue weighted by Gasteiger charge is -2.25. The van der Waals surface area contributed by atoms with Gasteiger partial charge in [0.15, 0.2) is 0 Å². The van der Waals surface area contributed by atoms with E-state index < -0.39 is 33.1 Å². The number of sulfonamides is 1. The van der Waals surface area contributed by atoms with Crippen LogP contribution in [0.2, 0.25) is 5.02 Å². The Hall–Kier alpha value is -2.74. The first kappa shape index (κ1) is 21.5. The van der Waals surface area contributed by atoms with Crippen LogP contribution in [0.15, 0.2) is 66.7 Å². The summed E-state index contributed by atoms with van der Waals surface area (Å²) in [5.41, 5.74) is 2.08. The van der Waals surface area contributed by atoms with Gasteiger partial charge in [-0.2, -0.15) is 4.72 Å². The predicted molar refractivity (Wildman–Crippen MR) is 117 cm³/mol. The minimum absolute atomic E-state index is 0.0295. The first-order valence-electron chi connectivity index (χ1n) is 9.53. The molecule has 0 bridgehead atoms. The van der Waals surface area contributed by atoms with E-state index >= 15 is 0 Å². The van der Waals surface area contributed by atoms with Crippen LogP contribution < -0.4 is 4.72 Å². The largest absolute Gasteiger partial charge is 0.480 e. The SMILES string of the molecule is O=C(O)C1(NS(=O)(=O)Cc2ccc(F)cc2)Cc2ccc(-c3ccc(Cl)cc3)cc2C1. The number of carbonyl (C=O) groups is 1. The molecule has 0 radical (unpaired) electrons. The smallest absolute Gasteiger partial charge is 0.325 e. The van der Waals surface area contributed by atoms with E-state index in [9.17, 15) is 22.7 Å². The molecule has 0 heterocycles. The van der Waals surface area contributed by atoms with Gasteiger partial charge >= 0.3 is 5.97 Å². The molecular weight excluding hydrogens is 441 g/mol. The Morgan fingerprint density at radius 2 is 1.58 bits per heavy atom. The zero-order valence-electron chi connectivity index (χ0n) is 16.3. The molecule has 3 aromatic rings. The molecule has 0 aromatic heterocycles. The van der Waals surface area contributed by atoms with Gasteiger partial charge in [-0.05, 0) is 52.1 Å². The maximum absolute atomic E-state index is 13.1. The summed E-state index contributed by atoms with van der Waals surface area (Å²) in [5.74, 6) is -2.15. The number of hydrogen-bond acceptors (Lipinski definition) is 3. The van der Waals surface area contributed by atoms with Crippen LogP contribution in [0, 0.1) is 5.82 Å². The number of hydrogen-bond donors (Lipinski definition) is 2. The van der Waals surface area contributed by atoms with E-state index in [0.29, 0.717) is 10.6 Å². The Bertz CT molecular complexity index is 1240. The van der Waals surface area contributed by atoms with E-state index in [1.165, 1.54) is 24.3 Å². The van der Waals surface area contributed by atoms with Gasteiger partial charge in [-0.25, -0.2) is 12.8 Å². The highest BCUT2D eigenvalue weighted by Crippen LogP contribution is 2.34. The molecule has 31 heavy (non-hydrogen) atoms. The molecule has 0 saturated heterocycles. The molecule has 4 rings (SSSR count). The van der Waals surface area contributed by atoms with Crippen LogP contribution in [0.4, 0.5) is 4.39 Å². The predicted octanol–water partition coefficient (Wildman–Crippen LogP) is 4.19. The molecule has 8 heteroatoms. The second-order valence-electron chi connectivity index (χ2n) is 7.72. The average Bonchev–Trinajstić information content (AvgIpc) is 3.08. The van der Waals surface area contributed by atoms with E-state index in [2.05, 4.69) is 4.72 Å². The van der Waals surface area contributed by atoms with Crippen LogP contribution in [-0.4, -0.2) is 25.0 Å². The highest BCUT2D eigenvalue weighted by atomic mass is 35.5. The average molecular weight is 460 g/mol. The van der Waals surface area contributed by atoms with Crippen LogP contribution in [-0.2, 0) is 33.4 Å². The second kappa shape index (κ2) is 8.07. The van der Waals surface area contributed by atoms with Crippen molar-refractivity contribution in [2.75, 3.05) is 0 Å². The van der Waals surface area contributed by atoms with Gasteiger partial charge in [-0.3, -0.25) is 4.79 Å². The van der Waals surface area contributed by atoms with E-state index in [4.69, 9.17) is 11.6 Å². The maximum atomic E-state index is 13.1. The minimum atomic E-state index is -3.99. The summed E-state index contributed by atoms with van der Waals surface area (Å²) in [7, 11) is -3.99. The molecule has 0 fully saturated rings. The fourth-order valence-corrected chi connectivity index (χ4v) is 5.55. The Kier molecular flexibility index (Phi) is 5.60. The lowest BCUT2D eigenvalue weighted by Crippen LogP contribution is -2.55. The van der Waals surface area contributed by atoms with Crippen molar-refractivity contribution in [2.45, 2.75) is 24.1 Å². The van der Waals surface area contributed by atoms with Crippen molar-refractivity contribution < 1.29 is 22.7 Å². The Labute approximate surface area is 184 Å². The maximum Gasteiger partial charge on any atom is 0.325 e. The number of fused-ring (bicyclic) bond motifs is 1. The van der Waals surface area contributed by atoms with Crippen LogP contribution in [0.25, 0.3) is 11.1 Å². The van der Waals surface area contributed by atoms with Gasteiger partial charge in [0.05, 0.1) is 5.75 Å². The number of carboxylic acids is 1. The van der Waals surface area contributed by atoms with Gasteiger partial charge in [-0.1, -0.05) is 54.1 Å². The van der Waals surface area contributed by atoms with Gasteiger partial charge < -0.3 is 5.11 Å². The van der Waals surface area contributed by atoms with Gasteiger partial charge in [0, 0.05) is 17.9 Å². The molecule has 2 N–H and O–H groups in total. The first-order valence-corrected chi connectivity index (χ1v) is 11.6. The van der Waals surface area contributed by atoms with Crippen molar-refractivity contribution in [2.24, 2.45) is 0 Å². The lowest BCUT2D eigenvalue weighted by molar-refractivity contribution is -0.143. The van der Waals surface area contributed by atoms with Crippen molar-refractivity contribution in [3.8, 4) is 11.1 Å². The van der Waals surface area contributed by atoms with E-state index in [0.717, 1.165) is 22.3 Å². The highest BCUT2D eigenvalue weighted by molar-refractivity contribution is 7.88. The fraction of sp³-hybridized carbons (Fsp3) is 0.174. The number of nitrogens with one attached hydrogen (secondary N) is 1. The van der Waals surface area contributed by atoms with Gasteiger partial charge in [0.1, 0.15) is 11.4 Å². The van der Waals surface area contributed by atoms with Gasteiger partial charge in [-0.15, -0.1) is 0 Å². The molecular formula is C23H19ClFNO4S. The molecule has 160 valence electrons. The Morgan fingerprint density at radius 1 is 0.968 bits per heavy atom. The van der Waals surface area contributed by atoms with Crippen molar-refractivity contribution >= 4 is 27.6 Å². The molecule has 1 unspecified atom stereocenters. The lowest BCUT2D eigenvalue weighted by atomic mass is 9.97. The molecule has 1 atom stereocenters. The van der Waals surface area contributed by atoms with Crippen molar-refractivity contribution in [1.29, 1.82) is 0 Å². The summed E-state index contributed by atoms with van der Waals surface area (Å²) in [6, 6.07) is 18.0. The second-order valence-corrected chi connectivity index (χ2v) is 9.88. The fourth-order valence-electron chi connectivity index (χ4n) is 3.90. The zero-order chi connectivity index (χ0) is 22.2. The normalized spacial score (nSPS) is 18.0. The quantitative estimate of drug-likeness (QED) is 0.579. The van der Waals surface area contributed by atoms with Crippen molar-refractivity contribution in [1.82, 2.24) is 4.72 Å². The summed E-state index contributed by atoms with van der Waals surface area (Å²) in [4.78, 5) is 12.2. The standard InChI is InChI=1S/C23H19ClFNO4S/c24-20-7-5-16(6-8-20)17-3-4-18-12-23(22(27)28,13-19(18)11-17)26-31(29,30)14-15-1-9-21(25)10-2-15/h1-11,26H,12-14H2,(H,27,28). The molecule has 5 nitrogen and oxygen atoms in total. The third-order valence-electron chi connectivity index (χ3n) is 5.40. The Balaban J connectivity index is 1.59. The molecule has 0 amide bonds. The zero-order valence-corrected chi connectivity index (χ0v) is 17.9.